The standard InChI is InChI=1S/C9H14F3N3O3S/c1-14(7-9(10,11)12)19(17,18)8-5-13-15(6-8)3-2-4-16/h5-6,16H,2-4,7H2,1H3. The van der Waals surface area contributed by atoms with Gasteiger partial charge in [-0.2, -0.15) is 22.6 Å². The lowest BCUT2D eigenvalue weighted by molar-refractivity contribution is -0.134. The van der Waals surface area contributed by atoms with Crippen molar-refractivity contribution in [3.8, 4) is 0 Å². The van der Waals surface area contributed by atoms with Crippen molar-refractivity contribution in [2.45, 2.75) is 24.0 Å². The average molecular weight is 301 g/mol. The summed E-state index contributed by atoms with van der Waals surface area (Å²) in [5.41, 5.74) is 0. The first-order valence-corrected chi connectivity index (χ1v) is 6.77. The Hall–Kier alpha value is -1.13. The molecule has 0 aliphatic rings. The molecule has 0 bridgehead atoms. The highest BCUT2D eigenvalue weighted by molar-refractivity contribution is 7.89. The molecule has 0 fully saturated rings. The van der Waals surface area contributed by atoms with E-state index in [1.54, 1.807) is 0 Å². The summed E-state index contributed by atoms with van der Waals surface area (Å²) in [6.45, 7) is -1.36. The second-order valence-corrected chi connectivity index (χ2v) is 5.94. The third-order valence-electron chi connectivity index (χ3n) is 2.27. The Morgan fingerprint density at radius 2 is 2.11 bits per heavy atom. The van der Waals surface area contributed by atoms with Crippen LogP contribution in [0.2, 0.25) is 0 Å². The number of rotatable bonds is 6. The molecule has 0 aliphatic carbocycles. The molecule has 0 radical (unpaired) electrons. The van der Waals surface area contributed by atoms with Crippen molar-refractivity contribution in [1.29, 1.82) is 0 Å². The predicted molar refractivity (Wildman–Crippen MR) is 59.8 cm³/mol. The van der Waals surface area contributed by atoms with Gasteiger partial charge in [0.15, 0.2) is 0 Å². The number of aromatic nitrogens is 2. The summed E-state index contributed by atoms with van der Waals surface area (Å²) >= 11 is 0. The van der Waals surface area contributed by atoms with Gasteiger partial charge in [0.25, 0.3) is 0 Å². The Morgan fingerprint density at radius 1 is 1.47 bits per heavy atom. The molecule has 0 aromatic carbocycles. The van der Waals surface area contributed by atoms with Crippen molar-refractivity contribution >= 4 is 10.0 Å². The number of sulfonamides is 1. The Labute approximate surface area is 108 Å². The van der Waals surface area contributed by atoms with Crippen LogP contribution < -0.4 is 0 Å². The zero-order valence-corrected chi connectivity index (χ0v) is 10.9. The molecule has 0 spiro atoms. The number of halogens is 3. The quantitative estimate of drug-likeness (QED) is 0.827. The molecule has 110 valence electrons. The maximum absolute atomic E-state index is 12.2. The number of alkyl halides is 3. The average Bonchev–Trinajstić information content (AvgIpc) is 2.73. The first-order valence-electron chi connectivity index (χ1n) is 5.33. The van der Waals surface area contributed by atoms with Gasteiger partial charge in [-0.25, -0.2) is 8.42 Å². The Kier molecular flexibility index (Phi) is 4.93. The van der Waals surface area contributed by atoms with Crippen LogP contribution in [0.4, 0.5) is 13.2 Å². The van der Waals surface area contributed by atoms with E-state index in [9.17, 15) is 21.6 Å². The van der Waals surface area contributed by atoms with E-state index in [-0.39, 0.29) is 22.4 Å². The molecule has 19 heavy (non-hydrogen) atoms. The van der Waals surface area contributed by atoms with Gasteiger partial charge in [0.2, 0.25) is 10.0 Å². The van der Waals surface area contributed by atoms with Gasteiger partial charge in [0.05, 0.1) is 6.20 Å². The largest absolute Gasteiger partial charge is 0.402 e. The van der Waals surface area contributed by atoms with Crippen molar-refractivity contribution in [3.63, 3.8) is 0 Å². The van der Waals surface area contributed by atoms with Crippen LogP contribution in [0.1, 0.15) is 6.42 Å². The third kappa shape index (κ3) is 4.48. The number of hydrogen-bond donors (Lipinski definition) is 1. The highest BCUT2D eigenvalue weighted by Crippen LogP contribution is 2.20. The molecule has 10 heteroatoms. The van der Waals surface area contributed by atoms with Crippen LogP contribution in [-0.4, -0.2) is 54.0 Å². The minimum absolute atomic E-state index is 0.0874. The van der Waals surface area contributed by atoms with Crippen LogP contribution in [0.5, 0.6) is 0 Å². The Balaban J connectivity index is 2.85. The molecular formula is C9H14F3N3O3S. The van der Waals surface area contributed by atoms with Crippen LogP contribution in [0.15, 0.2) is 17.3 Å². The molecule has 1 aromatic heterocycles. The van der Waals surface area contributed by atoms with Gasteiger partial charge in [-0.1, -0.05) is 0 Å². The topological polar surface area (TPSA) is 75.4 Å². The molecule has 1 rings (SSSR count). The summed E-state index contributed by atoms with van der Waals surface area (Å²) in [5.74, 6) is 0. The van der Waals surface area contributed by atoms with E-state index < -0.39 is 22.7 Å². The molecule has 0 unspecified atom stereocenters. The second kappa shape index (κ2) is 5.88. The van der Waals surface area contributed by atoms with E-state index >= 15 is 0 Å². The molecule has 1 aromatic rings. The van der Waals surface area contributed by atoms with Gasteiger partial charge in [0, 0.05) is 26.4 Å². The highest BCUT2D eigenvalue weighted by Gasteiger charge is 2.35. The number of hydrogen-bond acceptors (Lipinski definition) is 4. The van der Waals surface area contributed by atoms with E-state index in [1.807, 2.05) is 0 Å². The number of nitrogens with zero attached hydrogens (tertiary/aromatic N) is 3. The van der Waals surface area contributed by atoms with Crippen LogP contribution in [-0.2, 0) is 16.6 Å². The number of aliphatic hydroxyl groups excluding tert-OH is 1. The van der Waals surface area contributed by atoms with Crippen LogP contribution in [0.25, 0.3) is 0 Å². The normalized spacial score (nSPS) is 13.2. The second-order valence-electron chi connectivity index (χ2n) is 3.89. The predicted octanol–water partition coefficient (Wildman–Crippen LogP) is 0.448. The number of aryl methyl sites for hydroxylation is 1. The molecule has 0 atom stereocenters. The molecule has 1 heterocycles. The molecular weight excluding hydrogens is 287 g/mol. The van der Waals surface area contributed by atoms with Crippen molar-refractivity contribution < 1.29 is 26.7 Å². The molecule has 0 aliphatic heterocycles. The fourth-order valence-corrected chi connectivity index (χ4v) is 2.46. The minimum Gasteiger partial charge on any atom is -0.396 e. The maximum atomic E-state index is 12.2. The number of aliphatic hydroxyl groups is 1. The van der Waals surface area contributed by atoms with Crippen molar-refractivity contribution in [1.82, 2.24) is 14.1 Å². The lowest BCUT2D eigenvalue weighted by Gasteiger charge is -2.17. The summed E-state index contributed by atoms with van der Waals surface area (Å²) < 4.78 is 61.6. The smallest absolute Gasteiger partial charge is 0.396 e. The summed E-state index contributed by atoms with van der Waals surface area (Å²) in [5, 5.41) is 12.3. The van der Waals surface area contributed by atoms with E-state index in [0.717, 1.165) is 19.4 Å². The maximum Gasteiger partial charge on any atom is 0.402 e. The summed E-state index contributed by atoms with van der Waals surface area (Å²) in [7, 11) is -3.35. The molecule has 0 amide bonds. The van der Waals surface area contributed by atoms with Gasteiger partial charge >= 0.3 is 6.18 Å². The summed E-state index contributed by atoms with van der Waals surface area (Å²) in [6.07, 6.45) is -2.11. The lowest BCUT2D eigenvalue weighted by Crippen LogP contribution is -2.35. The first-order chi connectivity index (χ1) is 8.66. The Bertz CT molecular complexity index is 512. The van der Waals surface area contributed by atoms with Crippen LogP contribution in [0.3, 0.4) is 0 Å². The van der Waals surface area contributed by atoms with Gasteiger partial charge < -0.3 is 5.11 Å². The van der Waals surface area contributed by atoms with E-state index in [2.05, 4.69) is 5.10 Å². The monoisotopic (exact) mass is 301 g/mol. The summed E-state index contributed by atoms with van der Waals surface area (Å²) in [4.78, 5) is -0.308. The van der Waals surface area contributed by atoms with Crippen molar-refractivity contribution in [2.75, 3.05) is 20.2 Å². The van der Waals surface area contributed by atoms with Gasteiger partial charge in [-0.15, -0.1) is 0 Å². The zero-order valence-electron chi connectivity index (χ0n) is 10.1. The van der Waals surface area contributed by atoms with Crippen LogP contribution in [0, 0.1) is 0 Å². The minimum atomic E-state index is -4.60. The van der Waals surface area contributed by atoms with Crippen molar-refractivity contribution in [3.05, 3.63) is 12.4 Å². The Morgan fingerprint density at radius 3 is 2.63 bits per heavy atom. The highest BCUT2D eigenvalue weighted by atomic mass is 32.2. The van der Waals surface area contributed by atoms with Gasteiger partial charge in [0.1, 0.15) is 11.4 Å². The lowest BCUT2D eigenvalue weighted by atomic mass is 10.5. The fraction of sp³-hybridized carbons (Fsp3) is 0.667. The van der Waals surface area contributed by atoms with E-state index in [1.165, 1.54) is 4.68 Å². The molecule has 6 nitrogen and oxygen atoms in total. The fourth-order valence-electron chi connectivity index (χ4n) is 1.35. The van der Waals surface area contributed by atoms with E-state index in [4.69, 9.17) is 5.11 Å². The first kappa shape index (κ1) is 15.9. The van der Waals surface area contributed by atoms with Crippen molar-refractivity contribution in [2.24, 2.45) is 0 Å². The summed E-state index contributed by atoms with van der Waals surface area (Å²) in [6, 6.07) is 0. The third-order valence-corrected chi connectivity index (χ3v) is 4.02. The van der Waals surface area contributed by atoms with Gasteiger partial charge in [-0.3, -0.25) is 4.68 Å². The van der Waals surface area contributed by atoms with Crippen LogP contribution >= 0.6 is 0 Å². The molecule has 0 saturated carbocycles. The van der Waals surface area contributed by atoms with E-state index in [0.29, 0.717) is 6.42 Å². The van der Waals surface area contributed by atoms with Gasteiger partial charge in [-0.05, 0) is 6.42 Å². The zero-order chi connectivity index (χ0) is 14.7. The SMILES string of the molecule is CN(CC(F)(F)F)S(=O)(=O)c1cnn(CCCO)c1. The molecule has 1 N–H and O–H groups in total. The molecule has 0 saturated heterocycles.